The van der Waals surface area contributed by atoms with E-state index in [1.54, 1.807) is 13.8 Å². The van der Waals surface area contributed by atoms with Gasteiger partial charge in [-0.3, -0.25) is 9.59 Å². The Morgan fingerprint density at radius 1 is 1.00 bits per heavy atom. The van der Waals surface area contributed by atoms with Gasteiger partial charge in [-0.15, -0.1) is 0 Å². The number of rotatable bonds is 8. The first-order valence-electron chi connectivity index (χ1n) is 6.49. The second kappa shape index (κ2) is 8.08. The molecule has 0 aliphatic carbocycles. The van der Waals surface area contributed by atoms with Crippen molar-refractivity contribution in [1.82, 2.24) is 0 Å². The van der Waals surface area contributed by atoms with Crippen LogP contribution in [-0.4, -0.2) is 35.9 Å². The van der Waals surface area contributed by atoms with Gasteiger partial charge >= 0.3 is 11.9 Å². The first kappa shape index (κ1) is 16.9. The molecule has 0 bridgehead atoms. The molecule has 0 saturated heterocycles. The van der Waals surface area contributed by atoms with Gasteiger partial charge in [-0.05, 0) is 26.7 Å². The average molecular weight is 260 g/mol. The minimum atomic E-state index is -1.05. The predicted molar refractivity (Wildman–Crippen MR) is 66.9 cm³/mol. The van der Waals surface area contributed by atoms with Crippen LogP contribution in [0.3, 0.4) is 0 Å². The van der Waals surface area contributed by atoms with E-state index in [-0.39, 0.29) is 19.6 Å². The summed E-state index contributed by atoms with van der Waals surface area (Å²) < 4.78 is 9.71. The first-order valence-corrected chi connectivity index (χ1v) is 6.49. The van der Waals surface area contributed by atoms with Gasteiger partial charge in [0.05, 0.1) is 18.8 Å². The summed E-state index contributed by atoms with van der Waals surface area (Å²) in [4.78, 5) is 23.5. The Hall–Kier alpha value is -1.10. The Morgan fingerprint density at radius 2 is 1.39 bits per heavy atom. The monoisotopic (exact) mass is 260 g/mol. The van der Waals surface area contributed by atoms with Gasteiger partial charge in [-0.1, -0.05) is 13.8 Å². The number of hydrogen-bond donors (Lipinski definition) is 1. The van der Waals surface area contributed by atoms with E-state index in [1.165, 1.54) is 0 Å². The average Bonchev–Trinajstić information content (AvgIpc) is 2.36. The van der Waals surface area contributed by atoms with Crippen LogP contribution in [0.25, 0.3) is 0 Å². The lowest BCUT2D eigenvalue weighted by atomic mass is 9.86. The second-order valence-corrected chi connectivity index (χ2v) is 4.19. The number of ether oxygens (including phenoxy) is 2. The maximum atomic E-state index is 11.7. The topological polar surface area (TPSA) is 72.8 Å². The Kier molecular flexibility index (Phi) is 7.59. The third kappa shape index (κ3) is 5.04. The molecular formula is C13H24O5. The van der Waals surface area contributed by atoms with Crippen LogP contribution in [0.2, 0.25) is 0 Å². The lowest BCUT2D eigenvalue weighted by Crippen LogP contribution is -2.38. The van der Waals surface area contributed by atoms with Crippen molar-refractivity contribution < 1.29 is 24.2 Å². The van der Waals surface area contributed by atoms with Crippen LogP contribution in [0.15, 0.2) is 0 Å². The molecule has 5 heteroatoms. The molecule has 0 radical (unpaired) electrons. The Bertz CT molecular complexity index is 253. The minimum absolute atomic E-state index is 0.0394. The van der Waals surface area contributed by atoms with Crippen LogP contribution >= 0.6 is 0 Å². The summed E-state index contributed by atoms with van der Waals surface area (Å²) in [5.41, 5.74) is -1.04. The first-order chi connectivity index (χ1) is 8.44. The molecule has 0 amide bonds. The number of hydrogen-bond acceptors (Lipinski definition) is 5. The molecule has 106 valence electrons. The number of carbonyl (C=O) groups excluding carboxylic acids is 2. The fourth-order valence-electron chi connectivity index (χ4n) is 1.67. The molecule has 0 saturated carbocycles. The number of carbonyl (C=O) groups is 2. The van der Waals surface area contributed by atoms with Crippen molar-refractivity contribution in [2.24, 2.45) is 5.92 Å². The molecule has 0 fully saturated rings. The fourth-order valence-corrected chi connectivity index (χ4v) is 1.67. The van der Waals surface area contributed by atoms with Gasteiger partial charge in [0.1, 0.15) is 0 Å². The van der Waals surface area contributed by atoms with E-state index in [9.17, 15) is 14.7 Å². The molecule has 0 aliphatic heterocycles. The Morgan fingerprint density at radius 3 is 1.67 bits per heavy atom. The third-order valence-corrected chi connectivity index (χ3v) is 3.04. The molecule has 18 heavy (non-hydrogen) atoms. The van der Waals surface area contributed by atoms with Crippen molar-refractivity contribution in [2.75, 3.05) is 13.2 Å². The van der Waals surface area contributed by atoms with Crippen LogP contribution in [0.4, 0.5) is 0 Å². The van der Waals surface area contributed by atoms with Gasteiger partial charge in [0, 0.05) is 6.42 Å². The SMILES string of the molecule is CCOC(=O)C(CC(O)(CC)CC)C(=O)OCC. The van der Waals surface area contributed by atoms with Crippen LogP contribution in [-0.2, 0) is 19.1 Å². The fraction of sp³-hybridized carbons (Fsp3) is 0.846. The molecule has 1 N–H and O–H groups in total. The Labute approximate surface area is 108 Å². The lowest BCUT2D eigenvalue weighted by molar-refractivity contribution is -0.165. The van der Waals surface area contributed by atoms with Crippen molar-refractivity contribution in [3.63, 3.8) is 0 Å². The molecule has 0 aromatic rings. The van der Waals surface area contributed by atoms with E-state index in [1.807, 2.05) is 13.8 Å². The highest BCUT2D eigenvalue weighted by molar-refractivity contribution is 5.95. The van der Waals surface area contributed by atoms with Crippen LogP contribution in [0, 0.1) is 5.92 Å². The molecule has 0 heterocycles. The Balaban J connectivity index is 4.86. The summed E-state index contributed by atoms with van der Waals surface area (Å²) in [6.07, 6.45) is 0.981. The summed E-state index contributed by atoms with van der Waals surface area (Å²) in [7, 11) is 0. The van der Waals surface area contributed by atoms with Crippen molar-refractivity contribution in [2.45, 2.75) is 52.6 Å². The van der Waals surface area contributed by atoms with Crippen LogP contribution in [0.1, 0.15) is 47.0 Å². The van der Waals surface area contributed by atoms with Gasteiger partial charge < -0.3 is 14.6 Å². The van der Waals surface area contributed by atoms with E-state index in [0.29, 0.717) is 12.8 Å². The zero-order valence-electron chi connectivity index (χ0n) is 11.7. The number of aliphatic hydroxyl groups is 1. The van der Waals surface area contributed by atoms with Crippen molar-refractivity contribution in [3.05, 3.63) is 0 Å². The molecule has 0 aliphatic rings. The van der Waals surface area contributed by atoms with E-state index in [4.69, 9.17) is 9.47 Å². The molecule has 0 spiro atoms. The van der Waals surface area contributed by atoms with Gasteiger partial charge in [0.2, 0.25) is 0 Å². The zero-order valence-corrected chi connectivity index (χ0v) is 11.7. The highest BCUT2D eigenvalue weighted by Gasteiger charge is 2.37. The maximum Gasteiger partial charge on any atom is 0.320 e. The smallest absolute Gasteiger partial charge is 0.320 e. The van der Waals surface area contributed by atoms with E-state index in [0.717, 1.165) is 0 Å². The maximum absolute atomic E-state index is 11.7. The van der Waals surface area contributed by atoms with Crippen LogP contribution in [0.5, 0.6) is 0 Å². The summed E-state index contributed by atoms with van der Waals surface area (Å²) >= 11 is 0. The highest BCUT2D eigenvalue weighted by atomic mass is 16.6. The number of esters is 2. The summed E-state index contributed by atoms with van der Waals surface area (Å²) in [5.74, 6) is -2.30. The minimum Gasteiger partial charge on any atom is -0.465 e. The lowest BCUT2D eigenvalue weighted by Gasteiger charge is -2.28. The van der Waals surface area contributed by atoms with Crippen molar-refractivity contribution in [1.29, 1.82) is 0 Å². The van der Waals surface area contributed by atoms with Crippen LogP contribution < -0.4 is 0 Å². The molecule has 0 aromatic carbocycles. The van der Waals surface area contributed by atoms with E-state index < -0.39 is 23.5 Å². The summed E-state index contributed by atoms with van der Waals surface area (Å²) in [5, 5.41) is 10.2. The third-order valence-electron chi connectivity index (χ3n) is 3.04. The second-order valence-electron chi connectivity index (χ2n) is 4.19. The molecule has 0 unspecified atom stereocenters. The summed E-state index contributed by atoms with van der Waals surface area (Å²) in [6.45, 7) is 7.38. The molecule has 0 aromatic heterocycles. The van der Waals surface area contributed by atoms with Crippen molar-refractivity contribution >= 4 is 11.9 Å². The highest BCUT2D eigenvalue weighted by Crippen LogP contribution is 2.26. The largest absolute Gasteiger partial charge is 0.465 e. The standard InChI is InChI=1S/C13H24O5/c1-5-13(16,6-2)9-10(11(14)17-7-3)12(15)18-8-4/h10,16H,5-9H2,1-4H3. The van der Waals surface area contributed by atoms with Gasteiger partial charge in [0.25, 0.3) is 0 Å². The predicted octanol–water partition coefficient (Wildman–Crippen LogP) is 1.67. The zero-order chi connectivity index (χ0) is 14.2. The van der Waals surface area contributed by atoms with E-state index >= 15 is 0 Å². The molecule has 5 nitrogen and oxygen atoms in total. The molecule has 0 atom stereocenters. The molecular weight excluding hydrogens is 236 g/mol. The van der Waals surface area contributed by atoms with Gasteiger partial charge in [-0.25, -0.2) is 0 Å². The quantitative estimate of drug-likeness (QED) is 0.531. The van der Waals surface area contributed by atoms with E-state index in [2.05, 4.69) is 0 Å². The van der Waals surface area contributed by atoms with Gasteiger partial charge in [-0.2, -0.15) is 0 Å². The van der Waals surface area contributed by atoms with Crippen molar-refractivity contribution in [3.8, 4) is 0 Å². The normalized spacial score (nSPS) is 11.4. The molecule has 0 rings (SSSR count). The summed E-state index contributed by atoms with van der Waals surface area (Å²) in [6, 6.07) is 0. The van der Waals surface area contributed by atoms with Gasteiger partial charge in [0.15, 0.2) is 5.92 Å².